The largest absolute Gasteiger partial charge is 0.476 e. The first-order valence-corrected chi connectivity index (χ1v) is 9.05. The summed E-state index contributed by atoms with van der Waals surface area (Å²) in [5, 5.41) is 0. The molecule has 4 aliphatic heterocycles. The lowest BCUT2D eigenvalue weighted by Crippen LogP contribution is -2.64. The molecular formula is C15H19N3O5S. The van der Waals surface area contributed by atoms with Gasteiger partial charge in [0.25, 0.3) is 0 Å². The van der Waals surface area contributed by atoms with Crippen LogP contribution in [0.15, 0.2) is 0 Å². The zero-order valence-electron chi connectivity index (χ0n) is 13.4. The van der Waals surface area contributed by atoms with Crippen molar-refractivity contribution in [2.45, 2.75) is 44.4 Å². The van der Waals surface area contributed by atoms with Crippen molar-refractivity contribution in [3.63, 3.8) is 0 Å². The summed E-state index contributed by atoms with van der Waals surface area (Å²) in [6, 6.07) is 0. The summed E-state index contributed by atoms with van der Waals surface area (Å²) in [5.74, 6) is -2.94. The van der Waals surface area contributed by atoms with Gasteiger partial charge in [0, 0.05) is 13.1 Å². The van der Waals surface area contributed by atoms with Gasteiger partial charge in [-0.15, -0.1) is 4.37 Å². The molecule has 1 unspecified atom stereocenters. The monoisotopic (exact) mass is 353 g/mol. The summed E-state index contributed by atoms with van der Waals surface area (Å²) >= 11 is 1.06. The maximum atomic E-state index is 11.7. The average Bonchev–Trinajstić information content (AvgIpc) is 3.14. The van der Waals surface area contributed by atoms with Gasteiger partial charge in [0.1, 0.15) is 11.6 Å². The number of carbonyl (C=O) groups is 2. The molecule has 4 aliphatic rings. The van der Waals surface area contributed by atoms with Gasteiger partial charge in [0.05, 0.1) is 18.3 Å². The molecule has 0 saturated carbocycles. The molecule has 0 radical (unpaired) electrons. The molecule has 1 spiro atoms. The Balaban J connectivity index is 1.69. The van der Waals surface area contributed by atoms with E-state index in [0.29, 0.717) is 18.2 Å². The summed E-state index contributed by atoms with van der Waals surface area (Å²) in [6.07, 6.45) is 3.82. The van der Waals surface area contributed by atoms with Crippen LogP contribution in [0, 0.1) is 5.92 Å². The van der Waals surface area contributed by atoms with E-state index in [2.05, 4.69) is 15.7 Å². The van der Waals surface area contributed by atoms with Crippen molar-refractivity contribution in [2.75, 3.05) is 19.7 Å². The molecule has 0 aromatic carbocycles. The highest BCUT2D eigenvalue weighted by molar-refractivity contribution is 6.99. The number of piperidine rings is 3. The second-order valence-corrected chi connectivity index (χ2v) is 6.90. The Morgan fingerprint density at radius 1 is 1.25 bits per heavy atom. The van der Waals surface area contributed by atoms with E-state index in [9.17, 15) is 9.59 Å². The van der Waals surface area contributed by atoms with Gasteiger partial charge in [0.2, 0.25) is 5.88 Å². The van der Waals surface area contributed by atoms with Crippen LogP contribution in [-0.2, 0) is 19.1 Å². The molecule has 5 rings (SSSR count). The molecule has 0 N–H and O–H groups in total. The van der Waals surface area contributed by atoms with Crippen LogP contribution in [0.4, 0.5) is 0 Å². The maximum Gasteiger partial charge on any atom is 0.421 e. The van der Waals surface area contributed by atoms with Crippen molar-refractivity contribution in [1.82, 2.24) is 13.6 Å². The predicted octanol–water partition coefficient (Wildman–Crippen LogP) is 1.28. The first kappa shape index (κ1) is 15.8. The fraction of sp³-hybridized carbons (Fsp3) is 0.733. The van der Waals surface area contributed by atoms with Crippen molar-refractivity contribution < 1.29 is 23.8 Å². The van der Waals surface area contributed by atoms with Crippen LogP contribution >= 0.6 is 11.7 Å². The lowest BCUT2D eigenvalue weighted by atomic mass is 9.74. The Bertz CT molecular complexity index is 639. The van der Waals surface area contributed by atoms with Crippen LogP contribution in [0.2, 0.25) is 0 Å². The number of fused-ring (bicyclic) bond motifs is 2. The minimum atomic E-state index is -1.38. The Kier molecular flexibility index (Phi) is 3.92. The van der Waals surface area contributed by atoms with Crippen LogP contribution in [0.25, 0.3) is 0 Å². The third kappa shape index (κ3) is 2.29. The lowest BCUT2D eigenvalue weighted by molar-refractivity contribution is -0.299. The van der Waals surface area contributed by atoms with Gasteiger partial charge >= 0.3 is 17.8 Å². The van der Waals surface area contributed by atoms with Crippen molar-refractivity contribution in [1.29, 1.82) is 0 Å². The first-order chi connectivity index (χ1) is 11.7. The second kappa shape index (κ2) is 5.96. The first-order valence-electron chi connectivity index (χ1n) is 8.32. The van der Waals surface area contributed by atoms with E-state index in [1.165, 1.54) is 0 Å². The number of hydrogen-bond acceptors (Lipinski definition) is 9. The molecule has 2 bridgehead atoms. The number of esters is 2. The van der Waals surface area contributed by atoms with Crippen molar-refractivity contribution in [2.24, 2.45) is 5.92 Å². The van der Waals surface area contributed by atoms with Crippen LogP contribution in [0.5, 0.6) is 5.88 Å². The summed E-state index contributed by atoms with van der Waals surface area (Å²) in [6.45, 7) is 4.10. The van der Waals surface area contributed by atoms with Crippen LogP contribution in [-0.4, -0.2) is 51.2 Å². The number of hydrogen-bond donors (Lipinski definition) is 0. The highest BCUT2D eigenvalue weighted by Crippen LogP contribution is 2.53. The highest BCUT2D eigenvalue weighted by atomic mass is 32.1. The van der Waals surface area contributed by atoms with E-state index in [4.69, 9.17) is 14.2 Å². The van der Waals surface area contributed by atoms with Crippen molar-refractivity contribution in [3.05, 3.63) is 5.69 Å². The van der Waals surface area contributed by atoms with Gasteiger partial charge in [0.15, 0.2) is 0 Å². The minimum absolute atomic E-state index is 0.214. The summed E-state index contributed by atoms with van der Waals surface area (Å²) < 4.78 is 25.3. The highest BCUT2D eigenvalue weighted by Gasteiger charge is 2.66. The molecule has 8 nitrogen and oxygen atoms in total. The number of rotatable bonds is 5. The van der Waals surface area contributed by atoms with E-state index < -0.39 is 17.8 Å². The molecule has 4 saturated heterocycles. The van der Waals surface area contributed by atoms with Crippen molar-refractivity contribution >= 4 is 23.7 Å². The molecule has 1 atom stereocenters. The van der Waals surface area contributed by atoms with Gasteiger partial charge in [-0.1, -0.05) is 13.3 Å². The standard InChI is InChI=1S/C15H19N3O5S/c1-2-3-8-21-12-11(16-24-17-12)10-9-4-6-18(7-5-9)15(10)22-13(19)14(20)23-15/h9-10H,2-8H2,1H3. The van der Waals surface area contributed by atoms with Gasteiger partial charge in [-0.2, -0.15) is 4.37 Å². The fourth-order valence-corrected chi connectivity index (χ4v) is 4.39. The minimum Gasteiger partial charge on any atom is -0.476 e. The van der Waals surface area contributed by atoms with E-state index in [0.717, 1.165) is 50.5 Å². The normalized spacial score (nSPS) is 30.5. The van der Waals surface area contributed by atoms with E-state index in [1.54, 1.807) is 0 Å². The zero-order chi connectivity index (χ0) is 16.7. The molecule has 24 heavy (non-hydrogen) atoms. The zero-order valence-corrected chi connectivity index (χ0v) is 14.2. The quantitative estimate of drug-likeness (QED) is 0.444. The molecule has 1 aromatic rings. The van der Waals surface area contributed by atoms with Crippen LogP contribution in [0.1, 0.15) is 44.2 Å². The SMILES string of the molecule is CCCCOc1nsnc1C1C2CCN(CC2)C12OC(=O)C(=O)O2. The molecule has 0 aliphatic carbocycles. The Morgan fingerprint density at radius 2 is 1.96 bits per heavy atom. The Hall–Kier alpha value is -1.74. The third-order valence-corrected chi connectivity index (χ3v) is 5.53. The van der Waals surface area contributed by atoms with Gasteiger partial charge in [-0.05, 0) is 25.2 Å². The number of nitrogens with zero attached hydrogens (tertiary/aromatic N) is 3. The number of aromatic nitrogens is 2. The summed E-state index contributed by atoms with van der Waals surface area (Å²) in [4.78, 5) is 25.4. The molecule has 4 fully saturated rings. The Morgan fingerprint density at radius 3 is 2.62 bits per heavy atom. The van der Waals surface area contributed by atoms with E-state index in [1.807, 2.05) is 4.90 Å². The summed E-state index contributed by atoms with van der Waals surface area (Å²) in [7, 11) is 0. The molecule has 9 heteroatoms. The maximum absolute atomic E-state index is 11.7. The molecule has 5 heterocycles. The van der Waals surface area contributed by atoms with Crippen LogP contribution in [0.3, 0.4) is 0 Å². The van der Waals surface area contributed by atoms with Gasteiger partial charge < -0.3 is 14.2 Å². The Labute approximate surface area is 143 Å². The molecule has 130 valence electrons. The summed E-state index contributed by atoms with van der Waals surface area (Å²) in [5.41, 5.74) is 0.632. The molecular weight excluding hydrogens is 334 g/mol. The van der Waals surface area contributed by atoms with E-state index >= 15 is 0 Å². The lowest BCUT2D eigenvalue weighted by Gasteiger charge is -2.52. The topological polar surface area (TPSA) is 90.9 Å². The third-order valence-electron chi connectivity index (χ3n) is 5.00. The molecule has 1 aromatic heterocycles. The fourth-order valence-electron chi connectivity index (χ4n) is 3.85. The van der Waals surface area contributed by atoms with Crippen molar-refractivity contribution in [3.8, 4) is 5.88 Å². The van der Waals surface area contributed by atoms with Gasteiger partial charge in [-0.3, -0.25) is 0 Å². The predicted molar refractivity (Wildman–Crippen MR) is 82.3 cm³/mol. The number of ether oxygens (including phenoxy) is 3. The van der Waals surface area contributed by atoms with E-state index in [-0.39, 0.29) is 11.8 Å². The number of carbonyl (C=O) groups excluding carboxylic acids is 2. The smallest absolute Gasteiger partial charge is 0.421 e. The van der Waals surface area contributed by atoms with Gasteiger partial charge in [-0.25, -0.2) is 14.5 Å². The number of unbranched alkanes of at least 4 members (excludes halogenated alkanes) is 1. The van der Waals surface area contributed by atoms with Crippen LogP contribution < -0.4 is 4.74 Å². The average molecular weight is 353 g/mol. The molecule has 0 amide bonds. The second-order valence-electron chi connectivity index (χ2n) is 6.37.